The Kier molecular flexibility index (Phi) is 3.45. The van der Waals surface area contributed by atoms with Gasteiger partial charge in [-0.2, -0.15) is 0 Å². The predicted molar refractivity (Wildman–Crippen MR) is 62.9 cm³/mol. The van der Waals surface area contributed by atoms with Crippen LogP contribution in [-0.2, 0) is 4.79 Å². The smallest absolute Gasteiger partial charge is 0.321 e. The van der Waals surface area contributed by atoms with Gasteiger partial charge in [-0.1, -0.05) is 0 Å². The van der Waals surface area contributed by atoms with E-state index < -0.39 is 5.97 Å². The number of rotatable bonds is 3. The van der Waals surface area contributed by atoms with Crippen LogP contribution in [0.5, 0.6) is 0 Å². The van der Waals surface area contributed by atoms with Gasteiger partial charge in [0.15, 0.2) is 0 Å². The van der Waals surface area contributed by atoms with Crippen LogP contribution in [0.25, 0.3) is 0 Å². The second kappa shape index (κ2) is 5.03. The van der Waals surface area contributed by atoms with Crippen molar-refractivity contribution in [1.29, 1.82) is 0 Å². The highest BCUT2D eigenvalue weighted by Gasteiger charge is 2.27. The number of carboxylic acid groups (broad SMARTS) is 1. The highest BCUT2D eigenvalue weighted by atomic mass is 19.1. The van der Waals surface area contributed by atoms with Crippen LogP contribution in [0.3, 0.4) is 0 Å². The Bertz CT molecular complexity index is 461. The Labute approximate surface area is 103 Å². The molecule has 1 aliphatic heterocycles. The minimum Gasteiger partial charge on any atom is -0.481 e. The largest absolute Gasteiger partial charge is 0.481 e. The molecule has 5 nitrogen and oxygen atoms in total. The molecule has 0 spiro atoms. The molecule has 0 radical (unpaired) electrons. The van der Waals surface area contributed by atoms with E-state index in [1.807, 2.05) is 0 Å². The summed E-state index contributed by atoms with van der Waals surface area (Å²) in [5, 5.41) is 11.4. The van der Waals surface area contributed by atoms with E-state index >= 15 is 0 Å². The van der Waals surface area contributed by atoms with E-state index in [0.717, 1.165) is 0 Å². The summed E-state index contributed by atoms with van der Waals surface area (Å²) in [5.74, 6) is -1.42. The first-order chi connectivity index (χ1) is 8.56. The number of carbonyl (C=O) groups is 2. The second-order valence-corrected chi connectivity index (χ2v) is 4.24. The zero-order chi connectivity index (χ0) is 13.1. The van der Waals surface area contributed by atoms with Crippen molar-refractivity contribution in [3.8, 4) is 0 Å². The number of carboxylic acids is 1. The van der Waals surface area contributed by atoms with Crippen LogP contribution in [0.1, 0.15) is 6.42 Å². The van der Waals surface area contributed by atoms with Gasteiger partial charge >= 0.3 is 12.0 Å². The second-order valence-electron chi connectivity index (χ2n) is 4.24. The third-order valence-electron chi connectivity index (χ3n) is 2.83. The van der Waals surface area contributed by atoms with E-state index in [-0.39, 0.29) is 24.2 Å². The minimum absolute atomic E-state index is 0.00201. The summed E-state index contributed by atoms with van der Waals surface area (Å²) in [5.41, 5.74) is 0.559. The SMILES string of the molecule is O=C(O)CC1CNC(=O)N(c2ccc(F)cc2)C1. The van der Waals surface area contributed by atoms with E-state index in [1.165, 1.54) is 29.2 Å². The maximum absolute atomic E-state index is 12.8. The maximum Gasteiger partial charge on any atom is 0.321 e. The van der Waals surface area contributed by atoms with Crippen LogP contribution < -0.4 is 10.2 Å². The van der Waals surface area contributed by atoms with Crippen molar-refractivity contribution in [3.05, 3.63) is 30.1 Å². The van der Waals surface area contributed by atoms with Gasteiger partial charge in [0.25, 0.3) is 0 Å². The molecule has 1 heterocycles. The topological polar surface area (TPSA) is 69.6 Å². The lowest BCUT2D eigenvalue weighted by Gasteiger charge is -2.32. The molecular weight excluding hydrogens is 239 g/mol. The molecule has 0 aliphatic carbocycles. The molecule has 0 saturated carbocycles. The number of urea groups is 1. The molecule has 18 heavy (non-hydrogen) atoms. The first-order valence-corrected chi connectivity index (χ1v) is 5.59. The third kappa shape index (κ3) is 2.77. The zero-order valence-electron chi connectivity index (χ0n) is 9.60. The first kappa shape index (κ1) is 12.3. The van der Waals surface area contributed by atoms with E-state index in [4.69, 9.17) is 5.11 Å². The van der Waals surface area contributed by atoms with Crippen LogP contribution in [0, 0.1) is 11.7 Å². The summed E-state index contributed by atoms with van der Waals surface area (Å²) in [7, 11) is 0. The van der Waals surface area contributed by atoms with Crippen LogP contribution in [0.4, 0.5) is 14.9 Å². The molecule has 1 aromatic rings. The Morgan fingerprint density at radius 2 is 2.11 bits per heavy atom. The average molecular weight is 252 g/mol. The number of halogens is 1. The van der Waals surface area contributed by atoms with Crippen molar-refractivity contribution < 1.29 is 19.1 Å². The molecule has 0 aromatic heterocycles. The van der Waals surface area contributed by atoms with Gasteiger partial charge in [0.2, 0.25) is 0 Å². The number of anilines is 1. The molecule has 96 valence electrons. The lowest BCUT2D eigenvalue weighted by atomic mass is 10.0. The zero-order valence-corrected chi connectivity index (χ0v) is 9.60. The number of benzene rings is 1. The number of nitrogens with one attached hydrogen (secondary N) is 1. The summed E-state index contributed by atoms with van der Waals surface area (Å²) in [6.07, 6.45) is -0.00201. The van der Waals surface area contributed by atoms with Gasteiger partial charge in [0.05, 0.1) is 6.42 Å². The number of carbonyl (C=O) groups excluding carboxylic acids is 1. The van der Waals surface area contributed by atoms with Crippen molar-refractivity contribution >= 4 is 17.7 Å². The lowest BCUT2D eigenvalue weighted by Crippen LogP contribution is -2.51. The number of aliphatic carboxylic acids is 1. The van der Waals surface area contributed by atoms with Crippen molar-refractivity contribution in [2.45, 2.75) is 6.42 Å². The van der Waals surface area contributed by atoms with Crippen molar-refractivity contribution in [2.24, 2.45) is 5.92 Å². The highest BCUT2D eigenvalue weighted by Crippen LogP contribution is 2.20. The van der Waals surface area contributed by atoms with Crippen LogP contribution in [-0.4, -0.2) is 30.2 Å². The Morgan fingerprint density at radius 1 is 1.44 bits per heavy atom. The molecule has 1 atom stereocenters. The summed E-state index contributed by atoms with van der Waals surface area (Å²) >= 11 is 0. The van der Waals surface area contributed by atoms with E-state index in [9.17, 15) is 14.0 Å². The number of hydrogen-bond acceptors (Lipinski definition) is 2. The fraction of sp³-hybridized carbons (Fsp3) is 0.333. The van der Waals surface area contributed by atoms with Gasteiger partial charge in [0.1, 0.15) is 5.82 Å². The molecule has 2 N–H and O–H groups in total. The Balaban J connectivity index is 2.12. The van der Waals surface area contributed by atoms with Gasteiger partial charge < -0.3 is 10.4 Å². The molecule has 1 fully saturated rings. The molecule has 1 aromatic carbocycles. The number of hydrogen-bond donors (Lipinski definition) is 2. The Morgan fingerprint density at radius 3 is 2.72 bits per heavy atom. The first-order valence-electron chi connectivity index (χ1n) is 5.59. The average Bonchev–Trinajstić information content (AvgIpc) is 2.32. The van der Waals surface area contributed by atoms with Crippen LogP contribution >= 0.6 is 0 Å². The van der Waals surface area contributed by atoms with Crippen molar-refractivity contribution in [2.75, 3.05) is 18.0 Å². The molecule has 1 aliphatic rings. The van der Waals surface area contributed by atoms with Crippen molar-refractivity contribution in [1.82, 2.24) is 5.32 Å². The molecule has 1 unspecified atom stereocenters. The molecule has 6 heteroatoms. The summed E-state index contributed by atoms with van der Waals surface area (Å²) in [6, 6.07) is 5.24. The summed E-state index contributed by atoms with van der Waals surface area (Å²) < 4.78 is 12.8. The van der Waals surface area contributed by atoms with Crippen molar-refractivity contribution in [3.63, 3.8) is 0 Å². The minimum atomic E-state index is -0.893. The van der Waals surface area contributed by atoms with E-state index in [0.29, 0.717) is 18.8 Å². The van der Waals surface area contributed by atoms with Gasteiger partial charge in [-0.05, 0) is 24.3 Å². The Hall–Kier alpha value is -2.11. The van der Waals surface area contributed by atoms with Crippen LogP contribution in [0.15, 0.2) is 24.3 Å². The molecule has 2 rings (SSSR count). The third-order valence-corrected chi connectivity index (χ3v) is 2.83. The summed E-state index contributed by atoms with van der Waals surface area (Å²) in [4.78, 5) is 23.8. The van der Waals surface area contributed by atoms with E-state index in [1.54, 1.807) is 0 Å². The molecular formula is C12H13FN2O3. The maximum atomic E-state index is 12.8. The predicted octanol–water partition coefficient (Wildman–Crippen LogP) is 1.45. The normalized spacial score (nSPS) is 19.5. The van der Waals surface area contributed by atoms with Gasteiger partial charge in [0, 0.05) is 24.7 Å². The van der Waals surface area contributed by atoms with E-state index in [2.05, 4.69) is 5.32 Å². The van der Waals surface area contributed by atoms with Gasteiger partial charge in [-0.25, -0.2) is 9.18 Å². The molecule has 0 bridgehead atoms. The van der Waals surface area contributed by atoms with Gasteiger partial charge in [-0.15, -0.1) is 0 Å². The lowest BCUT2D eigenvalue weighted by molar-refractivity contribution is -0.138. The van der Waals surface area contributed by atoms with Crippen LogP contribution in [0.2, 0.25) is 0 Å². The fourth-order valence-corrected chi connectivity index (χ4v) is 1.96. The number of nitrogens with zero attached hydrogens (tertiary/aromatic N) is 1. The number of amides is 2. The standard InChI is InChI=1S/C12H13FN2O3/c13-9-1-3-10(4-2-9)15-7-8(5-11(16)17)6-14-12(15)18/h1-4,8H,5-7H2,(H,14,18)(H,16,17). The quantitative estimate of drug-likeness (QED) is 0.855. The molecule has 1 saturated heterocycles. The monoisotopic (exact) mass is 252 g/mol. The van der Waals surface area contributed by atoms with Gasteiger partial charge in [-0.3, -0.25) is 9.69 Å². The fourth-order valence-electron chi connectivity index (χ4n) is 1.96. The molecule has 2 amide bonds. The highest BCUT2D eigenvalue weighted by molar-refractivity contribution is 5.92. The summed E-state index contributed by atoms with van der Waals surface area (Å²) in [6.45, 7) is 0.673.